The Labute approximate surface area is 176 Å². The Bertz CT molecular complexity index is 1040. The normalized spacial score (nSPS) is 17.9. The average molecular weight is 437 g/mol. The Morgan fingerprint density at radius 3 is 2.65 bits per heavy atom. The summed E-state index contributed by atoms with van der Waals surface area (Å²) in [5.74, 6) is -2.00. The highest BCUT2D eigenvalue weighted by Crippen LogP contribution is 2.38. The molecule has 1 aliphatic carbocycles. The summed E-state index contributed by atoms with van der Waals surface area (Å²) < 4.78 is 39.1. The number of allylic oxidation sites excluding steroid dienone is 1. The molecular formula is C21H22F3N3O4. The van der Waals surface area contributed by atoms with Crippen molar-refractivity contribution >= 4 is 11.8 Å². The Morgan fingerprint density at radius 2 is 2.03 bits per heavy atom. The first kappa shape index (κ1) is 22.4. The maximum atomic E-state index is 12.7. The SMILES string of the molecule is COc1cccc(Cn2cc3c4c2C(=O)C(N)=CC4N(C)CC3)c1.O=C(O)C(F)(F)F. The average Bonchev–Trinajstić information content (AvgIpc) is 3.07. The summed E-state index contributed by atoms with van der Waals surface area (Å²) in [6.07, 6.45) is -0.112. The molecule has 1 aliphatic heterocycles. The van der Waals surface area contributed by atoms with Gasteiger partial charge in [0.1, 0.15) is 5.75 Å². The van der Waals surface area contributed by atoms with Gasteiger partial charge in [-0.3, -0.25) is 9.69 Å². The lowest BCUT2D eigenvalue weighted by Crippen LogP contribution is -2.35. The molecule has 10 heteroatoms. The summed E-state index contributed by atoms with van der Waals surface area (Å²) in [4.78, 5) is 23.8. The van der Waals surface area contributed by atoms with Crippen LogP contribution in [-0.2, 0) is 17.8 Å². The molecule has 1 atom stereocenters. The zero-order valence-corrected chi connectivity index (χ0v) is 16.9. The molecule has 1 aromatic carbocycles. The third kappa shape index (κ3) is 4.58. The van der Waals surface area contributed by atoms with E-state index in [1.807, 2.05) is 34.9 Å². The third-order valence-electron chi connectivity index (χ3n) is 5.25. The van der Waals surface area contributed by atoms with Crippen molar-refractivity contribution in [1.82, 2.24) is 9.47 Å². The highest BCUT2D eigenvalue weighted by Gasteiger charge is 2.38. The number of hydrogen-bond acceptors (Lipinski definition) is 5. The molecule has 4 rings (SSSR count). The zero-order chi connectivity index (χ0) is 22.9. The van der Waals surface area contributed by atoms with Crippen LogP contribution in [0.15, 0.2) is 42.2 Å². The number of aliphatic carboxylic acids is 1. The molecular weight excluding hydrogens is 415 g/mol. The van der Waals surface area contributed by atoms with E-state index < -0.39 is 12.1 Å². The fraction of sp³-hybridized carbons (Fsp3) is 0.333. The van der Waals surface area contributed by atoms with Crippen molar-refractivity contribution in [3.05, 3.63) is 64.6 Å². The van der Waals surface area contributed by atoms with Gasteiger partial charge in [0.05, 0.1) is 24.5 Å². The first-order valence-electron chi connectivity index (χ1n) is 9.40. The van der Waals surface area contributed by atoms with E-state index in [-0.39, 0.29) is 11.8 Å². The van der Waals surface area contributed by atoms with Gasteiger partial charge in [0, 0.05) is 24.8 Å². The minimum absolute atomic E-state index is 0.0642. The fourth-order valence-electron chi connectivity index (χ4n) is 3.75. The van der Waals surface area contributed by atoms with E-state index in [0.29, 0.717) is 12.2 Å². The number of Topliss-reactive ketones (excluding diaryl/α,β-unsaturated/α-hetero) is 1. The number of ether oxygens (including phenoxy) is 1. The van der Waals surface area contributed by atoms with Crippen molar-refractivity contribution in [3.63, 3.8) is 0 Å². The van der Waals surface area contributed by atoms with Crippen molar-refractivity contribution in [1.29, 1.82) is 0 Å². The number of alkyl halides is 3. The van der Waals surface area contributed by atoms with Gasteiger partial charge in [0.25, 0.3) is 0 Å². The quantitative estimate of drug-likeness (QED) is 0.767. The van der Waals surface area contributed by atoms with Crippen LogP contribution in [0.25, 0.3) is 0 Å². The smallest absolute Gasteiger partial charge is 0.490 e. The number of hydrogen-bond donors (Lipinski definition) is 2. The molecule has 0 bridgehead atoms. The largest absolute Gasteiger partial charge is 0.497 e. The topological polar surface area (TPSA) is 97.8 Å². The molecule has 0 amide bonds. The number of rotatable bonds is 3. The molecule has 7 nitrogen and oxygen atoms in total. The highest BCUT2D eigenvalue weighted by atomic mass is 19.4. The van der Waals surface area contributed by atoms with E-state index in [1.54, 1.807) is 7.11 Å². The van der Waals surface area contributed by atoms with Gasteiger partial charge < -0.3 is 20.1 Å². The molecule has 166 valence electrons. The molecule has 0 saturated carbocycles. The maximum Gasteiger partial charge on any atom is 0.490 e. The van der Waals surface area contributed by atoms with Gasteiger partial charge in [-0.05, 0) is 42.8 Å². The van der Waals surface area contributed by atoms with Crippen molar-refractivity contribution < 1.29 is 32.6 Å². The van der Waals surface area contributed by atoms with Crippen LogP contribution in [0.2, 0.25) is 0 Å². The number of likely N-dealkylation sites (N-methyl/N-ethyl adjacent to an activating group) is 1. The number of methoxy groups -OCH3 is 1. The van der Waals surface area contributed by atoms with E-state index in [0.717, 1.165) is 35.5 Å². The highest BCUT2D eigenvalue weighted by molar-refractivity contribution is 6.09. The second-order valence-electron chi connectivity index (χ2n) is 7.33. The molecule has 2 heterocycles. The Balaban J connectivity index is 0.000000339. The van der Waals surface area contributed by atoms with Gasteiger partial charge in [-0.2, -0.15) is 13.2 Å². The van der Waals surface area contributed by atoms with Gasteiger partial charge >= 0.3 is 12.1 Å². The second kappa shape index (κ2) is 8.46. The molecule has 0 spiro atoms. The van der Waals surface area contributed by atoms with Crippen molar-refractivity contribution in [2.45, 2.75) is 25.2 Å². The van der Waals surface area contributed by atoms with Crippen molar-refractivity contribution in [2.75, 3.05) is 20.7 Å². The zero-order valence-electron chi connectivity index (χ0n) is 16.9. The molecule has 1 aromatic heterocycles. The van der Waals surface area contributed by atoms with Crippen LogP contribution in [0.3, 0.4) is 0 Å². The van der Waals surface area contributed by atoms with E-state index in [9.17, 15) is 18.0 Å². The van der Waals surface area contributed by atoms with Crippen molar-refractivity contribution in [3.8, 4) is 5.75 Å². The van der Waals surface area contributed by atoms with Gasteiger partial charge in [-0.1, -0.05) is 12.1 Å². The van der Waals surface area contributed by atoms with E-state index in [1.165, 1.54) is 5.56 Å². The predicted octanol–water partition coefficient (Wildman–Crippen LogP) is 2.75. The summed E-state index contributed by atoms with van der Waals surface area (Å²) in [6.45, 7) is 1.60. The Morgan fingerprint density at radius 1 is 1.35 bits per heavy atom. The number of carboxylic acids is 1. The van der Waals surface area contributed by atoms with Crippen LogP contribution < -0.4 is 10.5 Å². The maximum absolute atomic E-state index is 12.7. The summed E-state index contributed by atoms with van der Waals surface area (Å²) >= 11 is 0. The summed E-state index contributed by atoms with van der Waals surface area (Å²) in [6, 6.07) is 8.04. The number of nitrogens with zero attached hydrogens (tertiary/aromatic N) is 2. The van der Waals surface area contributed by atoms with Gasteiger partial charge in [0.2, 0.25) is 5.78 Å². The minimum Gasteiger partial charge on any atom is -0.497 e. The molecule has 0 fully saturated rings. The van der Waals surface area contributed by atoms with Crippen LogP contribution in [0.5, 0.6) is 5.75 Å². The van der Waals surface area contributed by atoms with Gasteiger partial charge in [0.15, 0.2) is 0 Å². The van der Waals surface area contributed by atoms with E-state index in [4.69, 9.17) is 20.4 Å². The van der Waals surface area contributed by atoms with Crippen molar-refractivity contribution in [2.24, 2.45) is 5.73 Å². The molecule has 1 unspecified atom stereocenters. The molecule has 3 N–H and O–H groups in total. The van der Waals surface area contributed by atoms with E-state index >= 15 is 0 Å². The van der Waals surface area contributed by atoms with Crippen LogP contribution >= 0.6 is 0 Å². The minimum atomic E-state index is -5.08. The first-order valence-corrected chi connectivity index (χ1v) is 9.40. The van der Waals surface area contributed by atoms with Crippen LogP contribution in [0.4, 0.5) is 13.2 Å². The Kier molecular flexibility index (Phi) is 6.12. The van der Waals surface area contributed by atoms with Crippen LogP contribution in [0.1, 0.15) is 33.2 Å². The summed E-state index contributed by atoms with van der Waals surface area (Å²) in [5.41, 5.74) is 10.6. The lowest BCUT2D eigenvalue weighted by molar-refractivity contribution is -0.192. The van der Waals surface area contributed by atoms with Gasteiger partial charge in [-0.25, -0.2) is 4.79 Å². The fourth-order valence-corrected chi connectivity index (χ4v) is 3.75. The molecule has 2 aromatic rings. The predicted molar refractivity (Wildman–Crippen MR) is 106 cm³/mol. The lowest BCUT2D eigenvalue weighted by atomic mass is 9.88. The molecule has 2 aliphatic rings. The number of carbonyl (C=O) groups is 2. The number of carboxylic acid groups (broad SMARTS) is 1. The van der Waals surface area contributed by atoms with E-state index in [2.05, 4.69) is 18.1 Å². The number of carbonyl (C=O) groups excluding carboxylic acids is 1. The number of nitrogens with two attached hydrogens (primary N) is 1. The summed E-state index contributed by atoms with van der Waals surface area (Å²) in [7, 11) is 3.74. The number of benzene rings is 1. The number of ketones is 1. The first-order chi connectivity index (χ1) is 14.5. The summed E-state index contributed by atoms with van der Waals surface area (Å²) in [5, 5.41) is 7.12. The monoisotopic (exact) mass is 437 g/mol. The Hall–Kier alpha value is -3.27. The molecule has 0 radical (unpaired) electrons. The van der Waals surface area contributed by atoms with Crippen LogP contribution in [0, 0.1) is 0 Å². The standard InChI is InChI=1S/C19H21N3O2.C2HF3O2/c1-21-7-6-13-11-22(10-12-4-3-5-14(8-12)24-2)18-17(13)16(21)9-15(20)19(18)23;3-2(4,5)1(6)7/h3-5,8-9,11,16H,6-7,10,20H2,1-2H3;(H,6,7). The lowest BCUT2D eigenvalue weighted by Gasteiger charge is -2.33. The third-order valence-corrected chi connectivity index (χ3v) is 5.25. The second-order valence-corrected chi connectivity index (χ2v) is 7.33. The number of halogens is 3. The van der Waals surface area contributed by atoms with Crippen LogP contribution in [-0.4, -0.2) is 53.2 Å². The molecule has 31 heavy (non-hydrogen) atoms. The van der Waals surface area contributed by atoms with Gasteiger partial charge in [-0.15, -0.1) is 0 Å². The number of aromatic nitrogens is 1. The molecule has 0 saturated heterocycles.